The minimum atomic E-state index is -0.481. The van der Waals surface area contributed by atoms with Crippen LogP contribution in [0.3, 0.4) is 0 Å². The first kappa shape index (κ1) is 9.88. The molecule has 1 N–H and O–H groups in total. The summed E-state index contributed by atoms with van der Waals surface area (Å²) in [6, 6.07) is 0. The van der Waals surface area contributed by atoms with Crippen molar-refractivity contribution >= 4 is 11.7 Å². The van der Waals surface area contributed by atoms with Crippen molar-refractivity contribution < 1.29 is 9.53 Å². The maximum atomic E-state index is 10.4. The number of ether oxygens (including phenoxy) is 1. The van der Waals surface area contributed by atoms with Crippen LogP contribution in [-0.2, 0) is 9.53 Å². The SMILES string of the molecule is C=C(C)C(=N)C(C)OC(C)=O. The minimum Gasteiger partial charge on any atom is -0.456 e. The van der Waals surface area contributed by atoms with Gasteiger partial charge in [0.25, 0.3) is 0 Å². The fourth-order valence-electron chi connectivity index (χ4n) is 0.655. The summed E-state index contributed by atoms with van der Waals surface area (Å²) in [5.74, 6) is -0.372. The Labute approximate surface area is 66.6 Å². The molecule has 0 aliphatic carbocycles. The second kappa shape index (κ2) is 3.91. The fourth-order valence-corrected chi connectivity index (χ4v) is 0.655. The van der Waals surface area contributed by atoms with E-state index in [2.05, 4.69) is 6.58 Å². The van der Waals surface area contributed by atoms with Crippen LogP contribution < -0.4 is 0 Å². The van der Waals surface area contributed by atoms with Gasteiger partial charge >= 0.3 is 5.97 Å². The van der Waals surface area contributed by atoms with Gasteiger partial charge in [-0.05, 0) is 19.4 Å². The Balaban J connectivity index is 4.03. The van der Waals surface area contributed by atoms with Crippen molar-refractivity contribution in [2.24, 2.45) is 0 Å². The van der Waals surface area contributed by atoms with Crippen molar-refractivity contribution in [3.63, 3.8) is 0 Å². The summed E-state index contributed by atoms with van der Waals surface area (Å²) in [5.41, 5.74) is 0.888. The van der Waals surface area contributed by atoms with Gasteiger partial charge in [0.15, 0.2) is 0 Å². The molecule has 0 aliphatic rings. The molecule has 0 saturated heterocycles. The quantitative estimate of drug-likeness (QED) is 0.496. The number of esters is 1. The van der Waals surface area contributed by atoms with Gasteiger partial charge in [-0.25, -0.2) is 0 Å². The second-order valence-electron chi connectivity index (χ2n) is 2.45. The highest BCUT2D eigenvalue weighted by Gasteiger charge is 2.11. The monoisotopic (exact) mass is 155 g/mol. The second-order valence-corrected chi connectivity index (χ2v) is 2.45. The summed E-state index contributed by atoms with van der Waals surface area (Å²) in [4.78, 5) is 10.4. The summed E-state index contributed by atoms with van der Waals surface area (Å²) in [7, 11) is 0. The largest absolute Gasteiger partial charge is 0.456 e. The highest BCUT2D eigenvalue weighted by Crippen LogP contribution is 2.00. The maximum absolute atomic E-state index is 10.4. The molecule has 11 heavy (non-hydrogen) atoms. The normalized spacial score (nSPS) is 11.9. The van der Waals surface area contributed by atoms with E-state index in [1.165, 1.54) is 6.92 Å². The lowest BCUT2D eigenvalue weighted by Gasteiger charge is -2.12. The van der Waals surface area contributed by atoms with Crippen LogP contribution in [0.25, 0.3) is 0 Å². The highest BCUT2D eigenvalue weighted by atomic mass is 16.5. The molecule has 0 bridgehead atoms. The number of carbonyl (C=O) groups excluding carboxylic acids is 1. The van der Waals surface area contributed by atoms with Gasteiger partial charge in [0, 0.05) is 6.92 Å². The standard InChI is InChI=1S/C8H13NO2/c1-5(2)8(9)6(3)11-7(4)10/h6,9H,1H2,2-4H3. The number of rotatable bonds is 3. The van der Waals surface area contributed by atoms with Crippen molar-refractivity contribution in [1.82, 2.24) is 0 Å². The van der Waals surface area contributed by atoms with Crippen LogP contribution >= 0.6 is 0 Å². The summed E-state index contributed by atoms with van der Waals surface area (Å²) in [6.07, 6.45) is -0.481. The molecule has 1 atom stereocenters. The molecule has 1 unspecified atom stereocenters. The molecular formula is C8H13NO2. The number of hydrogen-bond acceptors (Lipinski definition) is 3. The molecule has 0 aromatic rings. The predicted molar refractivity (Wildman–Crippen MR) is 43.8 cm³/mol. The van der Waals surface area contributed by atoms with E-state index in [0.29, 0.717) is 5.57 Å². The molecule has 62 valence electrons. The van der Waals surface area contributed by atoms with Crippen LogP contribution in [0.1, 0.15) is 20.8 Å². The lowest BCUT2D eigenvalue weighted by Crippen LogP contribution is -2.22. The first-order valence-electron chi connectivity index (χ1n) is 3.36. The smallest absolute Gasteiger partial charge is 0.303 e. The molecule has 0 spiro atoms. The molecule has 0 fully saturated rings. The van der Waals surface area contributed by atoms with Gasteiger partial charge in [-0.1, -0.05) is 6.58 Å². The van der Waals surface area contributed by atoms with Crippen molar-refractivity contribution in [3.8, 4) is 0 Å². The fraction of sp³-hybridized carbons (Fsp3) is 0.500. The average Bonchev–Trinajstić information content (AvgIpc) is 1.84. The molecule has 3 nitrogen and oxygen atoms in total. The Morgan fingerprint density at radius 2 is 2.00 bits per heavy atom. The zero-order valence-corrected chi connectivity index (χ0v) is 7.10. The predicted octanol–water partition coefficient (Wildman–Crippen LogP) is 1.53. The summed E-state index contributed by atoms with van der Waals surface area (Å²) in [5, 5.41) is 7.37. The highest BCUT2D eigenvalue weighted by molar-refractivity contribution is 6.00. The van der Waals surface area contributed by atoms with Gasteiger partial charge in [-0.2, -0.15) is 0 Å². The number of nitrogens with one attached hydrogen (secondary N) is 1. The van der Waals surface area contributed by atoms with Gasteiger partial charge in [0.05, 0.1) is 5.71 Å². The third kappa shape index (κ3) is 3.55. The van der Waals surface area contributed by atoms with E-state index in [9.17, 15) is 4.79 Å². The summed E-state index contributed by atoms with van der Waals surface area (Å²) < 4.78 is 4.75. The van der Waals surface area contributed by atoms with Crippen LogP contribution in [0.5, 0.6) is 0 Å². The minimum absolute atomic E-state index is 0.264. The van der Waals surface area contributed by atoms with E-state index in [0.717, 1.165) is 0 Å². The van der Waals surface area contributed by atoms with Gasteiger partial charge in [-0.3, -0.25) is 4.79 Å². The molecular weight excluding hydrogens is 142 g/mol. The van der Waals surface area contributed by atoms with Crippen LogP contribution in [-0.4, -0.2) is 17.8 Å². The van der Waals surface area contributed by atoms with Crippen LogP contribution in [0.2, 0.25) is 0 Å². The first-order valence-corrected chi connectivity index (χ1v) is 3.36. The topological polar surface area (TPSA) is 50.1 Å². The lowest BCUT2D eigenvalue weighted by molar-refractivity contribution is -0.142. The molecule has 0 rings (SSSR count). The van der Waals surface area contributed by atoms with E-state index in [1.807, 2.05) is 0 Å². The molecule has 0 radical (unpaired) electrons. The van der Waals surface area contributed by atoms with E-state index in [1.54, 1.807) is 13.8 Å². The number of carbonyl (C=O) groups is 1. The molecule has 0 saturated carbocycles. The van der Waals surface area contributed by atoms with Crippen molar-refractivity contribution in [2.75, 3.05) is 0 Å². The van der Waals surface area contributed by atoms with Crippen LogP contribution in [0.4, 0.5) is 0 Å². The molecule has 0 aliphatic heterocycles. The van der Waals surface area contributed by atoms with Gasteiger partial charge < -0.3 is 10.1 Å². The van der Waals surface area contributed by atoms with E-state index < -0.39 is 6.10 Å². The van der Waals surface area contributed by atoms with Gasteiger partial charge in [-0.15, -0.1) is 0 Å². The Morgan fingerprint density at radius 3 is 2.27 bits per heavy atom. The van der Waals surface area contributed by atoms with E-state index in [4.69, 9.17) is 10.1 Å². The Hall–Kier alpha value is -1.12. The molecule has 0 aromatic heterocycles. The third-order valence-corrected chi connectivity index (χ3v) is 1.21. The maximum Gasteiger partial charge on any atom is 0.303 e. The van der Waals surface area contributed by atoms with Gasteiger partial charge in [0.2, 0.25) is 0 Å². The molecule has 0 amide bonds. The van der Waals surface area contributed by atoms with Crippen molar-refractivity contribution in [3.05, 3.63) is 12.2 Å². The van der Waals surface area contributed by atoms with E-state index >= 15 is 0 Å². The Kier molecular flexibility index (Phi) is 3.51. The molecule has 0 heterocycles. The lowest BCUT2D eigenvalue weighted by atomic mass is 10.1. The van der Waals surface area contributed by atoms with Crippen molar-refractivity contribution in [1.29, 1.82) is 5.41 Å². The van der Waals surface area contributed by atoms with Crippen molar-refractivity contribution in [2.45, 2.75) is 26.9 Å². The first-order chi connectivity index (χ1) is 4.95. The van der Waals surface area contributed by atoms with Gasteiger partial charge in [0.1, 0.15) is 6.10 Å². The number of hydrogen-bond donors (Lipinski definition) is 1. The molecule has 0 aromatic carbocycles. The third-order valence-electron chi connectivity index (χ3n) is 1.21. The van der Waals surface area contributed by atoms with Crippen LogP contribution in [0.15, 0.2) is 12.2 Å². The Morgan fingerprint density at radius 1 is 1.55 bits per heavy atom. The van der Waals surface area contributed by atoms with E-state index in [-0.39, 0.29) is 11.7 Å². The summed E-state index contributed by atoms with van der Waals surface area (Å²) in [6.45, 7) is 8.25. The molecule has 3 heteroatoms. The average molecular weight is 155 g/mol. The zero-order valence-electron chi connectivity index (χ0n) is 7.10. The zero-order chi connectivity index (χ0) is 9.02. The summed E-state index contributed by atoms with van der Waals surface area (Å²) >= 11 is 0. The van der Waals surface area contributed by atoms with Crippen LogP contribution in [0, 0.1) is 5.41 Å². The Bertz CT molecular complexity index is 196.